The average Bonchev–Trinajstić information content (AvgIpc) is 2.31. The number of aliphatic imine (C=N–C) groups is 1. The van der Waals surface area contributed by atoms with Crippen LogP contribution in [0.2, 0.25) is 0 Å². The highest BCUT2D eigenvalue weighted by atomic mass is 31.0. The zero-order valence-electron chi connectivity index (χ0n) is 12.2. The van der Waals surface area contributed by atoms with Gasteiger partial charge in [-0.2, -0.15) is 0 Å². The van der Waals surface area contributed by atoms with Crippen LogP contribution in [0.4, 0.5) is 0 Å². The summed E-state index contributed by atoms with van der Waals surface area (Å²) in [6.07, 6.45) is 5.25. The third-order valence-corrected chi connectivity index (χ3v) is 2.46. The van der Waals surface area contributed by atoms with E-state index in [1.807, 2.05) is 46.0 Å². The summed E-state index contributed by atoms with van der Waals surface area (Å²) in [7, 11) is 2.66. The first-order chi connectivity index (χ1) is 8.58. The lowest BCUT2D eigenvalue weighted by Gasteiger charge is -1.96. The van der Waals surface area contributed by atoms with Gasteiger partial charge < -0.3 is 0 Å². The van der Waals surface area contributed by atoms with E-state index in [0.717, 1.165) is 24.4 Å². The average molecular weight is 264 g/mol. The molecule has 0 bridgehead atoms. The molecule has 0 spiro atoms. The molecule has 0 aliphatic carbocycles. The number of rotatable bonds is 0. The van der Waals surface area contributed by atoms with Crippen LogP contribution >= 0.6 is 9.24 Å². The van der Waals surface area contributed by atoms with Gasteiger partial charge in [-0.1, -0.05) is 19.9 Å². The molecule has 3 heteroatoms. The van der Waals surface area contributed by atoms with Crippen LogP contribution in [-0.4, -0.2) is 17.7 Å². The minimum absolute atomic E-state index is 0.983. The Balaban J connectivity index is 0.000000289. The highest BCUT2D eigenvalue weighted by Gasteiger charge is 1.89. The number of pyridine rings is 1. The molecular formula is C15H25N2P. The lowest BCUT2D eigenvalue weighted by atomic mass is 10.2. The second-order valence-electron chi connectivity index (χ2n) is 3.96. The molecule has 1 aliphatic heterocycles. The number of dihydropyridines is 1. The van der Waals surface area contributed by atoms with Crippen molar-refractivity contribution in [3.8, 4) is 0 Å². The van der Waals surface area contributed by atoms with Crippen LogP contribution in [0.15, 0.2) is 28.8 Å². The van der Waals surface area contributed by atoms with Crippen LogP contribution in [0.1, 0.15) is 38.6 Å². The van der Waals surface area contributed by atoms with Gasteiger partial charge >= 0.3 is 0 Å². The molecule has 1 aromatic heterocycles. The normalized spacial score (nSPS) is 12.7. The second-order valence-corrected chi connectivity index (χ2v) is 4.62. The van der Waals surface area contributed by atoms with Gasteiger partial charge in [0.05, 0.1) is 0 Å². The van der Waals surface area contributed by atoms with Crippen molar-refractivity contribution in [3.63, 3.8) is 0 Å². The third-order valence-electron chi connectivity index (χ3n) is 2.12. The van der Waals surface area contributed by atoms with Crippen LogP contribution in [0, 0.1) is 13.8 Å². The number of nitrogens with zero attached hydrogens (tertiary/aromatic N) is 2. The molecule has 2 rings (SSSR count). The fraction of sp³-hybridized carbons (Fsp3) is 0.467. The number of hydrogen-bond donors (Lipinski definition) is 0. The van der Waals surface area contributed by atoms with Gasteiger partial charge in [0, 0.05) is 24.1 Å². The maximum Gasteiger partial charge on any atom is 0.0424 e. The Labute approximate surface area is 114 Å². The molecule has 0 amide bonds. The summed E-state index contributed by atoms with van der Waals surface area (Å²) in [6.45, 7) is 11.1. The van der Waals surface area contributed by atoms with Crippen LogP contribution in [-0.2, 0) is 0 Å². The van der Waals surface area contributed by atoms with Gasteiger partial charge in [0.1, 0.15) is 0 Å². The Hall–Kier alpha value is -1.01. The Morgan fingerprint density at radius 2 is 1.61 bits per heavy atom. The molecular weight excluding hydrogens is 239 g/mol. The molecule has 0 radical (unpaired) electrons. The number of allylic oxidation sites excluding steroid dienone is 1. The largest absolute Gasteiger partial charge is 0.293 e. The minimum Gasteiger partial charge on any atom is -0.293 e. The van der Waals surface area contributed by atoms with Crippen LogP contribution in [0.25, 0.3) is 0 Å². The predicted molar refractivity (Wildman–Crippen MR) is 86.1 cm³/mol. The van der Waals surface area contributed by atoms with E-state index in [9.17, 15) is 0 Å². The van der Waals surface area contributed by atoms with Crippen molar-refractivity contribution in [1.29, 1.82) is 0 Å². The van der Waals surface area contributed by atoms with E-state index in [4.69, 9.17) is 0 Å². The molecule has 2 heterocycles. The quantitative estimate of drug-likeness (QED) is 0.657. The zero-order valence-corrected chi connectivity index (χ0v) is 13.4. The lowest BCUT2D eigenvalue weighted by Crippen LogP contribution is -1.95. The van der Waals surface area contributed by atoms with E-state index in [-0.39, 0.29) is 0 Å². The van der Waals surface area contributed by atoms with Crippen LogP contribution < -0.4 is 5.30 Å². The molecule has 0 N–H and O–H groups in total. The van der Waals surface area contributed by atoms with Gasteiger partial charge in [-0.05, 0) is 50.2 Å². The molecule has 1 aromatic rings. The summed E-state index contributed by atoms with van der Waals surface area (Å²) in [4.78, 5) is 8.29. The van der Waals surface area contributed by atoms with Crippen molar-refractivity contribution < 1.29 is 0 Å². The third kappa shape index (κ3) is 8.14. The maximum absolute atomic E-state index is 4.22. The molecule has 1 aliphatic rings. The van der Waals surface area contributed by atoms with Crippen molar-refractivity contribution in [1.82, 2.24) is 4.98 Å². The fourth-order valence-corrected chi connectivity index (χ4v) is 1.98. The second kappa shape index (κ2) is 9.96. The molecule has 0 fully saturated rings. The summed E-state index contributed by atoms with van der Waals surface area (Å²) < 4.78 is 0. The molecule has 0 aromatic carbocycles. The molecule has 1 unspecified atom stereocenters. The van der Waals surface area contributed by atoms with E-state index >= 15 is 0 Å². The molecule has 18 heavy (non-hydrogen) atoms. The smallest absolute Gasteiger partial charge is 0.0424 e. The van der Waals surface area contributed by atoms with Crippen molar-refractivity contribution in [2.75, 3.05) is 6.54 Å². The molecule has 1 atom stereocenters. The van der Waals surface area contributed by atoms with Crippen molar-refractivity contribution >= 4 is 20.8 Å². The van der Waals surface area contributed by atoms with Gasteiger partial charge in [0.15, 0.2) is 0 Å². The van der Waals surface area contributed by atoms with Crippen molar-refractivity contribution in [2.45, 2.75) is 41.0 Å². The Morgan fingerprint density at radius 3 is 1.89 bits per heavy atom. The molecule has 0 saturated heterocycles. The monoisotopic (exact) mass is 264 g/mol. The zero-order chi connectivity index (χ0) is 14.0. The van der Waals surface area contributed by atoms with Gasteiger partial charge in [0.2, 0.25) is 0 Å². The van der Waals surface area contributed by atoms with Gasteiger partial charge in [-0.25, -0.2) is 0 Å². The first-order valence-corrected chi connectivity index (χ1v) is 7.03. The maximum atomic E-state index is 4.22. The summed E-state index contributed by atoms with van der Waals surface area (Å²) in [5.74, 6) is 0. The lowest BCUT2D eigenvalue weighted by molar-refractivity contribution is 0.989. The molecule has 100 valence electrons. The molecule has 2 nitrogen and oxygen atoms in total. The number of aromatic nitrogens is 1. The van der Waals surface area contributed by atoms with Crippen molar-refractivity contribution in [3.05, 3.63) is 35.2 Å². The van der Waals surface area contributed by atoms with Gasteiger partial charge in [0.25, 0.3) is 0 Å². The number of aryl methyl sites for hydroxylation is 2. The van der Waals surface area contributed by atoms with Gasteiger partial charge in [-0.15, -0.1) is 9.24 Å². The fourth-order valence-electron chi connectivity index (χ4n) is 1.49. The highest BCUT2D eigenvalue weighted by molar-refractivity contribution is 7.27. The van der Waals surface area contributed by atoms with Crippen molar-refractivity contribution in [2.24, 2.45) is 4.99 Å². The first kappa shape index (κ1) is 17.0. The van der Waals surface area contributed by atoms with E-state index in [1.54, 1.807) is 0 Å². The summed E-state index contributed by atoms with van der Waals surface area (Å²) in [5, 5.41) is 1.21. The SMILES string of the molecule is CC.CC1=CCCN=C1.Cc1cc(P)cc(C)n1. The van der Waals surface area contributed by atoms with E-state index < -0.39 is 0 Å². The highest BCUT2D eigenvalue weighted by Crippen LogP contribution is 1.97. The Bertz CT molecular complexity index is 358. The van der Waals surface area contributed by atoms with Crippen LogP contribution in [0.5, 0.6) is 0 Å². The summed E-state index contributed by atoms with van der Waals surface area (Å²) in [6, 6.07) is 4.08. The van der Waals surface area contributed by atoms with Crippen LogP contribution in [0.3, 0.4) is 0 Å². The van der Waals surface area contributed by atoms with Gasteiger partial charge in [-0.3, -0.25) is 9.98 Å². The minimum atomic E-state index is 0.983. The predicted octanol–water partition coefficient (Wildman–Crippen LogP) is 3.63. The standard InChI is InChI=1S/C7H10NP.C6H9N.C2H6/c1-5-3-7(9)4-6(2)8-5;1-6-3-2-4-7-5-6;1-2/h3-4H,9H2,1-2H3;3,5H,2,4H2,1H3;1-2H3. The summed E-state index contributed by atoms with van der Waals surface area (Å²) in [5.41, 5.74) is 3.46. The Kier molecular flexibility index (Phi) is 9.40. The summed E-state index contributed by atoms with van der Waals surface area (Å²) >= 11 is 0. The van der Waals surface area contributed by atoms with E-state index in [0.29, 0.717) is 0 Å². The topological polar surface area (TPSA) is 25.2 Å². The van der Waals surface area contributed by atoms with E-state index in [2.05, 4.69) is 32.2 Å². The molecule has 0 saturated carbocycles. The first-order valence-electron chi connectivity index (χ1n) is 6.45. The Morgan fingerprint density at radius 1 is 1.06 bits per heavy atom. The number of hydrogen-bond acceptors (Lipinski definition) is 2. The van der Waals surface area contributed by atoms with E-state index in [1.165, 1.54) is 10.9 Å².